The van der Waals surface area contributed by atoms with Gasteiger partial charge in [0.1, 0.15) is 35.6 Å². The number of phenolic OH excluding ortho intramolecular Hbond substituents is 2. The molecule has 20 nitrogen and oxygen atoms in total. The Morgan fingerprint density at radius 1 is 0.818 bits per heavy atom. The molecule has 1 fully saturated rings. The van der Waals surface area contributed by atoms with Crippen LogP contribution in [0.15, 0.2) is 18.2 Å². The number of ether oxygens (including phenoxy) is 7. The second-order valence-corrected chi connectivity index (χ2v) is 15.5. The number of nitrogens with one attached hydrogen (secondary N) is 2. The molecule has 66 heavy (non-hydrogen) atoms. The Balaban J connectivity index is 0.000000339. The monoisotopic (exact) mass is 954 g/mol. The highest BCUT2D eigenvalue weighted by molar-refractivity contribution is 7.80. The van der Waals surface area contributed by atoms with Crippen LogP contribution >= 0.6 is 12.6 Å². The molecule has 0 aromatic heterocycles. The third-order valence-electron chi connectivity index (χ3n) is 10.7. The fourth-order valence-corrected chi connectivity index (χ4v) is 7.47. The van der Waals surface area contributed by atoms with E-state index >= 15 is 0 Å². The molecule has 5 rings (SSSR count). The fourth-order valence-electron chi connectivity index (χ4n) is 7.34. The summed E-state index contributed by atoms with van der Waals surface area (Å²) in [4.78, 5) is 62.1. The maximum atomic E-state index is 13.2. The SMILES string of the molecule is CC.COc1cccc2c1C(=O)c1c(O)c3c(c(O)c1C2=O)C[C@@](O)(C(=O)CO)C[C@@H]3O.C[C@@H]1OCCC(NC(=O)CCC(=O)NCCOCCOCCOCCOCCOCCS)[C@@H]1O. The van der Waals surface area contributed by atoms with Gasteiger partial charge in [-0.15, -0.1) is 0 Å². The second kappa shape index (κ2) is 28.8. The fraction of sp³-hybridized carbons (Fsp3) is 0.622. The van der Waals surface area contributed by atoms with Gasteiger partial charge in [0.2, 0.25) is 17.6 Å². The highest BCUT2D eigenvalue weighted by Crippen LogP contribution is 2.51. The zero-order valence-electron chi connectivity index (χ0n) is 38.0. The summed E-state index contributed by atoms with van der Waals surface area (Å²) in [5.41, 5.74) is -3.77. The number of phenols is 2. The zero-order chi connectivity index (χ0) is 48.8. The lowest BCUT2D eigenvalue weighted by Crippen LogP contribution is -2.52. The number of ketones is 3. The average Bonchev–Trinajstić information content (AvgIpc) is 3.31. The number of fused-ring (bicyclic) bond motifs is 3. The molecule has 0 bridgehead atoms. The average molecular weight is 955 g/mol. The number of rotatable bonds is 24. The first-order chi connectivity index (χ1) is 31.7. The van der Waals surface area contributed by atoms with Gasteiger partial charge < -0.3 is 74.4 Å². The lowest BCUT2D eigenvalue weighted by Gasteiger charge is -2.36. The van der Waals surface area contributed by atoms with Gasteiger partial charge in [-0.1, -0.05) is 26.0 Å². The molecule has 1 aliphatic heterocycles. The topological polar surface area (TPSA) is 295 Å². The van der Waals surface area contributed by atoms with Crippen molar-refractivity contribution in [3.05, 3.63) is 51.6 Å². The van der Waals surface area contributed by atoms with Gasteiger partial charge in [0, 0.05) is 61.3 Å². The van der Waals surface area contributed by atoms with Crippen LogP contribution in [-0.2, 0) is 49.2 Å². The summed E-state index contributed by atoms with van der Waals surface area (Å²) in [6.45, 7) is 10.5. The van der Waals surface area contributed by atoms with Gasteiger partial charge in [0.25, 0.3) is 0 Å². The number of Topliss-reactive ketones (excluding diaryl/α,β-unsaturated/α-hetero) is 1. The maximum absolute atomic E-state index is 13.2. The lowest BCUT2D eigenvalue weighted by atomic mass is 9.72. The molecule has 0 radical (unpaired) electrons. The number of aliphatic hydroxyl groups is 4. The summed E-state index contributed by atoms with van der Waals surface area (Å²) in [5, 5.41) is 67.4. The number of thiol groups is 1. The highest BCUT2D eigenvalue weighted by atomic mass is 32.1. The Labute approximate surface area is 389 Å². The minimum Gasteiger partial charge on any atom is -0.507 e. The first-order valence-corrected chi connectivity index (χ1v) is 22.6. The third-order valence-corrected chi connectivity index (χ3v) is 10.9. The van der Waals surface area contributed by atoms with Crippen molar-refractivity contribution in [3.8, 4) is 17.2 Å². The molecule has 8 N–H and O–H groups in total. The van der Waals surface area contributed by atoms with Crippen molar-refractivity contribution >= 4 is 41.8 Å². The molecule has 2 aliphatic carbocycles. The van der Waals surface area contributed by atoms with Crippen molar-refractivity contribution < 1.29 is 87.8 Å². The Hall–Kier alpha value is -4.26. The van der Waals surface area contributed by atoms with E-state index in [0.29, 0.717) is 91.4 Å². The number of hydrogen-bond donors (Lipinski definition) is 9. The molecule has 3 aliphatic rings. The van der Waals surface area contributed by atoms with Crippen LogP contribution in [0, 0.1) is 0 Å². The van der Waals surface area contributed by atoms with Gasteiger partial charge in [-0.3, -0.25) is 24.0 Å². The Kier molecular flexibility index (Phi) is 24.5. The van der Waals surface area contributed by atoms with Gasteiger partial charge in [-0.2, -0.15) is 12.6 Å². The Bertz CT molecular complexity index is 1920. The molecule has 5 atom stereocenters. The lowest BCUT2D eigenvalue weighted by molar-refractivity contribution is -0.145. The zero-order valence-corrected chi connectivity index (χ0v) is 38.9. The molecule has 1 unspecified atom stereocenters. The molecule has 0 spiro atoms. The predicted octanol–water partition coefficient (Wildman–Crippen LogP) is 0.730. The molecule has 2 amide bonds. The van der Waals surface area contributed by atoms with Gasteiger partial charge in [-0.25, -0.2) is 0 Å². The molecule has 2 aromatic carbocycles. The van der Waals surface area contributed by atoms with E-state index in [1.165, 1.54) is 25.3 Å². The first kappa shape index (κ1) is 56.1. The van der Waals surface area contributed by atoms with Crippen LogP contribution in [-0.4, -0.2) is 182 Å². The number of methoxy groups -OCH3 is 1. The number of benzene rings is 2. The van der Waals surface area contributed by atoms with Gasteiger partial charge in [0.15, 0.2) is 11.6 Å². The van der Waals surface area contributed by atoms with Crippen LogP contribution in [0.1, 0.15) is 95.5 Å². The summed E-state index contributed by atoms with van der Waals surface area (Å²) in [7, 11) is 1.32. The molecule has 1 saturated heterocycles. The summed E-state index contributed by atoms with van der Waals surface area (Å²) in [6.07, 6.45) is -3.10. The third kappa shape index (κ3) is 15.4. The van der Waals surface area contributed by atoms with E-state index in [4.69, 9.17) is 38.3 Å². The van der Waals surface area contributed by atoms with E-state index in [2.05, 4.69) is 23.3 Å². The minimum absolute atomic E-state index is 0.0421. The van der Waals surface area contributed by atoms with Crippen molar-refractivity contribution in [2.24, 2.45) is 0 Å². The summed E-state index contributed by atoms with van der Waals surface area (Å²) >= 11 is 4.05. The molecule has 21 heteroatoms. The van der Waals surface area contributed by atoms with Crippen molar-refractivity contribution in [1.82, 2.24) is 10.6 Å². The van der Waals surface area contributed by atoms with Crippen LogP contribution in [0.4, 0.5) is 0 Å². The van der Waals surface area contributed by atoms with E-state index in [-0.39, 0.29) is 64.8 Å². The summed E-state index contributed by atoms with van der Waals surface area (Å²) in [5.74, 6) is -3.60. The van der Waals surface area contributed by atoms with E-state index in [0.717, 1.165) is 0 Å². The van der Waals surface area contributed by atoms with E-state index in [1.54, 1.807) is 6.92 Å². The van der Waals surface area contributed by atoms with E-state index in [1.807, 2.05) is 13.8 Å². The van der Waals surface area contributed by atoms with Crippen molar-refractivity contribution in [2.75, 3.05) is 98.7 Å². The van der Waals surface area contributed by atoms with E-state index < -0.39 is 77.2 Å². The largest absolute Gasteiger partial charge is 0.507 e. The van der Waals surface area contributed by atoms with Gasteiger partial charge >= 0.3 is 0 Å². The van der Waals surface area contributed by atoms with E-state index in [9.17, 15) is 49.5 Å². The van der Waals surface area contributed by atoms with Crippen LogP contribution in [0.25, 0.3) is 0 Å². The first-order valence-electron chi connectivity index (χ1n) is 22.0. The van der Waals surface area contributed by atoms with Gasteiger partial charge in [0.05, 0.1) is 108 Å². The summed E-state index contributed by atoms with van der Waals surface area (Å²) < 4.78 is 37.2. The number of carbonyl (C=O) groups is 5. The Morgan fingerprint density at radius 2 is 1.38 bits per heavy atom. The molecular weight excluding hydrogens is 889 g/mol. The van der Waals surface area contributed by atoms with Crippen molar-refractivity contribution in [2.45, 2.75) is 82.8 Å². The number of carbonyl (C=O) groups excluding carboxylic acids is 5. The Morgan fingerprint density at radius 3 is 1.95 bits per heavy atom. The highest BCUT2D eigenvalue weighted by Gasteiger charge is 2.48. The van der Waals surface area contributed by atoms with Crippen LogP contribution in [0.2, 0.25) is 0 Å². The minimum atomic E-state index is -2.21. The normalized spacial score (nSPS) is 20.6. The molecule has 1 heterocycles. The molecular formula is C45H66N2O18S. The number of aromatic hydroxyl groups is 2. The predicted molar refractivity (Wildman–Crippen MR) is 239 cm³/mol. The molecule has 370 valence electrons. The maximum Gasteiger partial charge on any atom is 0.220 e. The quantitative estimate of drug-likeness (QED) is 0.0340. The van der Waals surface area contributed by atoms with Crippen LogP contribution in [0.5, 0.6) is 17.2 Å². The second-order valence-electron chi connectivity index (χ2n) is 15.1. The molecule has 0 saturated carbocycles. The van der Waals surface area contributed by atoms with Crippen LogP contribution in [0.3, 0.4) is 0 Å². The summed E-state index contributed by atoms with van der Waals surface area (Å²) in [6, 6.07) is 4.00. The molecule has 2 aromatic rings. The standard InChI is InChI=1S/C22H42N2O9S.C21H18O9.C2H6/c1-18-22(27)19(4-6-33-18)24-21(26)3-2-20(25)23-5-7-28-8-9-29-10-11-30-12-13-31-14-15-32-16-17-34;1-30-11-4-2-3-8-14(11)20(28)16-15(17(8)25)18(26)9-5-21(29,12(24)7-22)6-10(23)13(9)19(16)27;1-2/h18-19,22,27,34H,2-17H2,1H3,(H,23,25)(H,24,26);2-4,10,22-23,26-27,29H,5-7H2,1H3;1-2H3/t18-,19?,22+;10-,21-;/m00./s1. The number of hydrogen-bond acceptors (Lipinski definition) is 19. The van der Waals surface area contributed by atoms with Gasteiger partial charge in [-0.05, 0) is 19.4 Å². The van der Waals surface area contributed by atoms with Crippen LogP contribution < -0.4 is 15.4 Å². The number of amides is 2. The number of aliphatic hydroxyl groups excluding tert-OH is 3. The van der Waals surface area contributed by atoms with Crippen molar-refractivity contribution in [1.29, 1.82) is 0 Å². The smallest absolute Gasteiger partial charge is 0.220 e. The van der Waals surface area contributed by atoms with Crippen molar-refractivity contribution in [3.63, 3.8) is 0 Å².